The second kappa shape index (κ2) is 9.84. The summed E-state index contributed by atoms with van der Waals surface area (Å²) in [7, 11) is 0. The van der Waals surface area contributed by atoms with Crippen LogP contribution < -0.4 is 9.27 Å². The maximum Gasteiger partial charge on any atom is 0.412 e. The molecule has 0 aliphatic carbocycles. The number of pyridine rings is 1. The summed E-state index contributed by atoms with van der Waals surface area (Å²) in [4.78, 5) is 18.2. The summed E-state index contributed by atoms with van der Waals surface area (Å²) in [5.74, 6) is 0.0567. The van der Waals surface area contributed by atoms with Crippen molar-refractivity contribution in [3.05, 3.63) is 67.8 Å². The van der Waals surface area contributed by atoms with Crippen molar-refractivity contribution in [2.45, 2.75) is 26.9 Å². The summed E-state index contributed by atoms with van der Waals surface area (Å²) in [5, 5.41) is 0.326. The maximum absolute atomic E-state index is 13.4. The number of aryl methyl sites for hydroxylation is 2. The van der Waals surface area contributed by atoms with Crippen molar-refractivity contribution >= 4 is 41.2 Å². The minimum atomic E-state index is -4.57. The predicted octanol–water partition coefficient (Wildman–Crippen LogP) is 7.31. The van der Waals surface area contributed by atoms with Crippen molar-refractivity contribution in [3.63, 3.8) is 0 Å². The third-order valence-corrected chi connectivity index (χ3v) is 7.67. The molecule has 1 unspecified atom stereocenters. The van der Waals surface area contributed by atoms with Gasteiger partial charge in [0.1, 0.15) is 5.75 Å². The van der Waals surface area contributed by atoms with Crippen LogP contribution in [0.1, 0.15) is 16.7 Å². The van der Waals surface area contributed by atoms with Crippen molar-refractivity contribution in [2.75, 3.05) is 13.3 Å². The lowest BCUT2D eigenvalue weighted by Gasteiger charge is -2.24. The quantitative estimate of drug-likeness (QED) is 0.311. The summed E-state index contributed by atoms with van der Waals surface area (Å²) in [6, 6.07) is 8.81. The highest BCUT2D eigenvalue weighted by Crippen LogP contribution is 2.51. The van der Waals surface area contributed by atoms with Crippen LogP contribution >= 0.6 is 29.4 Å². The summed E-state index contributed by atoms with van der Waals surface area (Å²) >= 11 is 12.7. The molecule has 0 saturated heterocycles. The van der Waals surface area contributed by atoms with Gasteiger partial charge in [0.15, 0.2) is 6.61 Å². The number of nitrogens with zero attached hydrogens (tertiary/aromatic N) is 1. The summed E-state index contributed by atoms with van der Waals surface area (Å²) < 4.78 is 48.8. The Labute approximate surface area is 203 Å². The Morgan fingerprint density at radius 3 is 2.45 bits per heavy atom. The molecule has 0 radical (unpaired) electrons. The molecule has 1 atom stereocenters. The molecule has 0 aliphatic rings. The van der Waals surface area contributed by atoms with Crippen molar-refractivity contribution < 1.29 is 22.2 Å². The van der Waals surface area contributed by atoms with Gasteiger partial charge in [0.05, 0.1) is 16.1 Å². The minimum Gasteiger partial charge on any atom is -0.442 e. The topological polar surface area (TPSA) is 48.4 Å². The van der Waals surface area contributed by atoms with Crippen LogP contribution in [0.2, 0.25) is 5.02 Å². The molecule has 0 aliphatic heterocycles. The number of hydrogen-bond acceptors (Lipinski definition) is 6. The number of alkyl halides is 3. The maximum atomic E-state index is 13.4. The van der Waals surface area contributed by atoms with Crippen LogP contribution in [0, 0.1) is 20.8 Å². The molecule has 0 saturated carbocycles. The minimum absolute atomic E-state index is 0.0567. The summed E-state index contributed by atoms with van der Waals surface area (Å²) in [6.07, 6.45) is -2.99. The molecule has 11 heteroatoms. The first kappa shape index (κ1) is 25.8. The average Bonchev–Trinajstić information content (AvgIpc) is 2.70. The van der Waals surface area contributed by atoms with Gasteiger partial charge in [-0.05, 0) is 61.9 Å². The number of halogens is 4. The first-order valence-corrected chi connectivity index (χ1v) is 13.9. The third kappa shape index (κ3) is 6.22. The van der Waals surface area contributed by atoms with Gasteiger partial charge in [-0.3, -0.25) is 9.78 Å². The molecule has 0 amide bonds. The standard InChI is InChI=1S/C22H20ClF3NO3PS2/c1-12-9-13(2)17(15(23)10-12)18-19(30-31(4,32)29-11-22(24,25)26)14(3)20(33-21(18)28)16-7-5-6-8-27-16/h5-10H,11H2,1-4H3. The first-order chi connectivity index (χ1) is 15.3. The van der Waals surface area contributed by atoms with E-state index in [1.54, 1.807) is 44.3 Å². The van der Waals surface area contributed by atoms with E-state index >= 15 is 0 Å². The van der Waals surface area contributed by atoms with Crippen LogP contribution in [-0.2, 0) is 16.3 Å². The second-order valence-electron chi connectivity index (χ2n) is 7.45. The molecule has 2 aromatic heterocycles. The first-order valence-electron chi connectivity index (χ1n) is 9.63. The van der Waals surface area contributed by atoms with Crippen LogP contribution in [0.25, 0.3) is 21.7 Å². The van der Waals surface area contributed by atoms with E-state index in [-0.39, 0.29) is 16.1 Å². The molecule has 0 spiro atoms. The normalized spacial score (nSPS) is 13.6. The Kier molecular flexibility index (Phi) is 7.71. The smallest absolute Gasteiger partial charge is 0.412 e. The van der Waals surface area contributed by atoms with E-state index in [0.29, 0.717) is 26.7 Å². The van der Waals surface area contributed by atoms with Crippen LogP contribution in [0.15, 0.2) is 41.3 Å². The van der Waals surface area contributed by atoms with E-state index in [0.717, 1.165) is 22.5 Å². The Hall–Kier alpha value is -1.77. The van der Waals surface area contributed by atoms with E-state index in [4.69, 9.17) is 32.5 Å². The van der Waals surface area contributed by atoms with Crippen molar-refractivity contribution in [3.8, 4) is 27.4 Å². The van der Waals surface area contributed by atoms with Crippen LogP contribution in [0.4, 0.5) is 13.2 Å². The fourth-order valence-corrected chi connectivity index (χ4v) is 6.03. The molecule has 4 nitrogen and oxygen atoms in total. The van der Waals surface area contributed by atoms with E-state index in [9.17, 15) is 18.0 Å². The zero-order valence-corrected chi connectivity index (χ0v) is 21.4. The van der Waals surface area contributed by atoms with E-state index in [1.807, 2.05) is 13.0 Å². The molecule has 3 rings (SSSR count). The fraction of sp³-hybridized carbons (Fsp3) is 0.273. The second-order valence-corrected chi connectivity index (χ2v) is 12.8. The van der Waals surface area contributed by atoms with E-state index < -0.39 is 19.3 Å². The van der Waals surface area contributed by atoms with Gasteiger partial charge in [0, 0.05) is 29.0 Å². The van der Waals surface area contributed by atoms with Gasteiger partial charge in [-0.25, -0.2) is 0 Å². The van der Waals surface area contributed by atoms with Crippen LogP contribution in [-0.4, -0.2) is 24.4 Å². The van der Waals surface area contributed by atoms with Crippen molar-refractivity contribution in [2.24, 2.45) is 0 Å². The lowest BCUT2D eigenvalue weighted by atomic mass is 9.98. The third-order valence-electron chi connectivity index (χ3n) is 4.61. The van der Waals surface area contributed by atoms with Gasteiger partial charge in [-0.15, -0.1) is 0 Å². The zero-order chi connectivity index (χ0) is 24.6. The Balaban J connectivity index is 2.27. The number of aromatic nitrogens is 1. The van der Waals surface area contributed by atoms with E-state index in [2.05, 4.69) is 4.98 Å². The fourth-order valence-electron chi connectivity index (χ4n) is 3.29. The summed E-state index contributed by atoms with van der Waals surface area (Å²) in [5.41, 5.74) is 3.25. The molecule has 3 aromatic rings. The average molecular weight is 534 g/mol. The van der Waals surface area contributed by atoms with Gasteiger partial charge in [-0.1, -0.05) is 35.1 Å². The zero-order valence-electron chi connectivity index (χ0n) is 18.1. The number of hydrogen-bond donors (Lipinski definition) is 0. The SMILES string of the molecule is Cc1cc(C)c(-c2c(OP(C)(=S)OCC(F)(F)F)c(C)c(-c3ccccn3)sc2=O)c(Cl)c1. The summed E-state index contributed by atoms with van der Waals surface area (Å²) in [6.45, 7) is 1.67. The van der Waals surface area contributed by atoms with Crippen LogP contribution in [0.3, 0.4) is 0 Å². The molecule has 176 valence electrons. The lowest BCUT2D eigenvalue weighted by molar-refractivity contribution is -0.153. The van der Waals surface area contributed by atoms with E-state index in [1.165, 1.54) is 6.66 Å². The highest BCUT2D eigenvalue weighted by molar-refractivity contribution is 8.09. The van der Waals surface area contributed by atoms with Crippen LogP contribution in [0.5, 0.6) is 5.75 Å². The van der Waals surface area contributed by atoms with Gasteiger partial charge in [-0.2, -0.15) is 13.2 Å². The van der Waals surface area contributed by atoms with Gasteiger partial charge < -0.3 is 9.05 Å². The number of rotatable bonds is 6. The van der Waals surface area contributed by atoms with Gasteiger partial charge >= 0.3 is 6.18 Å². The lowest BCUT2D eigenvalue weighted by Crippen LogP contribution is -2.17. The molecule has 0 fully saturated rings. The Morgan fingerprint density at radius 2 is 1.88 bits per heavy atom. The van der Waals surface area contributed by atoms with Crippen molar-refractivity contribution in [1.29, 1.82) is 0 Å². The molecular weight excluding hydrogens is 514 g/mol. The highest BCUT2D eigenvalue weighted by atomic mass is 35.5. The van der Waals surface area contributed by atoms with Gasteiger partial charge in [0.2, 0.25) is 11.2 Å². The molecular formula is C22H20ClF3NO3PS2. The monoisotopic (exact) mass is 533 g/mol. The number of benzene rings is 1. The van der Waals surface area contributed by atoms with Crippen molar-refractivity contribution in [1.82, 2.24) is 4.98 Å². The Bertz CT molecular complexity index is 1270. The molecule has 33 heavy (non-hydrogen) atoms. The molecule has 0 N–H and O–H groups in total. The Morgan fingerprint density at radius 1 is 1.18 bits per heavy atom. The largest absolute Gasteiger partial charge is 0.442 e. The highest BCUT2D eigenvalue weighted by Gasteiger charge is 2.32. The molecule has 1 aromatic carbocycles. The van der Waals surface area contributed by atoms with Gasteiger partial charge in [0.25, 0.3) is 0 Å². The molecule has 2 heterocycles. The molecule has 0 bridgehead atoms. The predicted molar refractivity (Wildman–Crippen MR) is 131 cm³/mol.